The first-order valence-corrected chi connectivity index (χ1v) is 4.94. The second kappa shape index (κ2) is 7.56. The van der Waals surface area contributed by atoms with Gasteiger partial charge in [0.2, 0.25) is 0 Å². The second-order valence-corrected chi connectivity index (χ2v) is 3.59. The molecule has 0 aliphatic carbocycles. The van der Waals surface area contributed by atoms with Gasteiger partial charge in [0.05, 0.1) is 0 Å². The third-order valence-electron chi connectivity index (χ3n) is 2.23. The Morgan fingerprint density at radius 3 is 2.42 bits per heavy atom. The number of nitrogens with one attached hydrogen (secondary N) is 1. The first-order valence-electron chi connectivity index (χ1n) is 4.94. The fraction of sp³-hybridized carbons (Fsp3) is 1.00. The van der Waals surface area contributed by atoms with Gasteiger partial charge in [0.15, 0.2) is 0 Å². The average molecular weight is 173 g/mol. The van der Waals surface area contributed by atoms with Crippen molar-refractivity contribution >= 4 is 0 Å². The number of hydrogen-bond donors (Lipinski definition) is 1. The molecule has 0 saturated heterocycles. The van der Waals surface area contributed by atoms with Crippen molar-refractivity contribution < 1.29 is 4.74 Å². The summed E-state index contributed by atoms with van der Waals surface area (Å²) in [4.78, 5) is 0. The fourth-order valence-corrected chi connectivity index (χ4v) is 1.10. The van der Waals surface area contributed by atoms with Crippen molar-refractivity contribution in [2.75, 3.05) is 26.8 Å². The van der Waals surface area contributed by atoms with Crippen LogP contribution in [0.15, 0.2) is 0 Å². The van der Waals surface area contributed by atoms with Gasteiger partial charge < -0.3 is 10.1 Å². The Morgan fingerprint density at radius 2 is 1.92 bits per heavy atom. The maximum Gasteiger partial charge on any atom is 0.0494 e. The molecular weight excluding hydrogens is 150 g/mol. The normalized spacial score (nSPS) is 16.0. The Hall–Kier alpha value is -0.0800. The lowest BCUT2D eigenvalue weighted by molar-refractivity contribution is 0.0874. The lowest BCUT2D eigenvalue weighted by Gasteiger charge is -2.19. The average Bonchev–Trinajstić information content (AvgIpc) is 2.05. The quantitative estimate of drug-likeness (QED) is 0.594. The Balaban J connectivity index is 3.35. The van der Waals surface area contributed by atoms with Crippen LogP contribution >= 0.6 is 0 Å². The second-order valence-electron chi connectivity index (χ2n) is 3.59. The van der Waals surface area contributed by atoms with Gasteiger partial charge in [0, 0.05) is 13.2 Å². The van der Waals surface area contributed by atoms with Crippen LogP contribution in [0.3, 0.4) is 0 Å². The minimum atomic E-state index is 0.656. The highest BCUT2D eigenvalue weighted by Crippen LogP contribution is 2.09. The van der Waals surface area contributed by atoms with E-state index in [0.29, 0.717) is 11.8 Å². The molecule has 0 aromatic rings. The monoisotopic (exact) mass is 173 g/mol. The summed E-state index contributed by atoms with van der Waals surface area (Å²) in [7, 11) is 2.00. The standard InChI is InChI=1S/C10H23NO/c1-5-6-12-8-10(3)9(2)7-11-4/h9-11H,5-8H2,1-4H3. The van der Waals surface area contributed by atoms with Crippen LogP contribution in [0, 0.1) is 11.8 Å². The van der Waals surface area contributed by atoms with Gasteiger partial charge in [0.25, 0.3) is 0 Å². The predicted molar refractivity (Wildman–Crippen MR) is 53.4 cm³/mol. The van der Waals surface area contributed by atoms with E-state index in [9.17, 15) is 0 Å². The largest absolute Gasteiger partial charge is 0.381 e. The lowest BCUT2D eigenvalue weighted by Crippen LogP contribution is -2.24. The Bertz CT molecular complexity index is 95.8. The zero-order valence-corrected chi connectivity index (χ0v) is 8.89. The molecule has 1 N–H and O–H groups in total. The molecule has 74 valence electrons. The molecule has 0 fully saturated rings. The van der Waals surface area contributed by atoms with Crippen molar-refractivity contribution in [3.63, 3.8) is 0 Å². The maximum atomic E-state index is 5.48. The summed E-state index contributed by atoms with van der Waals surface area (Å²) in [6, 6.07) is 0. The third-order valence-corrected chi connectivity index (χ3v) is 2.23. The van der Waals surface area contributed by atoms with Gasteiger partial charge in [-0.25, -0.2) is 0 Å². The van der Waals surface area contributed by atoms with Crippen LogP contribution in [0.25, 0.3) is 0 Å². The topological polar surface area (TPSA) is 21.3 Å². The van der Waals surface area contributed by atoms with E-state index >= 15 is 0 Å². The molecule has 0 spiro atoms. The van der Waals surface area contributed by atoms with E-state index in [2.05, 4.69) is 26.1 Å². The molecule has 0 heterocycles. The van der Waals surface area contributed by atoms with Gasteiger partial charge in [-0.15, -0.1) is 0 Å². The van der Waals surface area contributed by atoms with Gasteiger partial charge >= 0.3 is 0 Å². The van der Waals surface area contributed by atoms with Crippen LogP contribution in [-0.2, 0) is 4.74 Å². The molecule has 0 bridgehead atoms. The van der Waals surface area contributed by atoms with Crippen molar-refractivity contribution in [1.82, 2.24) is 5.32 Å². The van der Waals surface area contributed by atoms with E-state index < -0.39 is 0 Å². The van der Waals surface area contributed by atoms with E-state index in [0.717, 1.165) is 26.2 Å². The Morgan fingerprint density at radius 1 is 1.25 bits per heavy atom. The third kappa shape index (κ3) is 5.56. The summed E-state index contributed by atoms with van der Waals surface area (Å²) in [6.07, 6.45) is 1.12. The van der Waals surface area contributed by atoms with Crippen LogP contribution in [0.4, 0.5) is 0 Å². The molecule has 2 heteroatoms. The van der Waals surface area contributed by atoms with E-state index in [-0.39, 0.29) is 0 Å². The Labute approximate surface area is 76.7 Å². The molecule has 0 aromatic heterocycles. The number of ether oxygens (including phenoxy) is 1. The van der Waals surface area contributed by atoms with Gasteiger partial charge in [-0.2, -0.15) is 0 Å². The van der Waals surface area contributed by atoms with E-state index in [1.165, 1.54) is 0 Å². The zero-order valence-electron chi connectivity index (χ0n) is 8.89. The molecule has 0 radical (unpaired) electrons. The Kier molecular flexibility index (Phi) is 7.51. The van der Waals surface area contributed by atoms with Crippen LogP contribution in [0.1, 0.15) is 27.2 Å². The van der Waals surface area contributed by atoms with Crippen LogP contribution in [-0.4, -0.2) is 26.8 Å². The highest BCUT2D eigenvalue weighted by molar-refractivity contribution is 4.62. The smallest absolute Gasteiger partial charge is 0.0494 e. The summed E-state index contributed by atoms with van der Waals surface area (Å²) in [5.74, 6) is 1.36. The summed E-state index contributed by atoms with van der Waals surface area (Å²) in [5, 5.41) is 3.18. The van der Waals surface area contributed by atoms with Crippen LogP contribution in [0.5, 0.6) is 0 Å². The molecule has 0 aliphatic rings. The lowest BCUT2D eigenvalue weighted by atomic mass is 9.97. The predicted octanol–water partition coefficient (Wildman–Crippen LogP) is 1.90. The molecule has 0 aliphatic heterocycles. The molecule has 2 unspecified atom stereocenters. The molecule has 0 saturated carbocycles. The fourth-order valence-electron chi connectivity index (χ4n) is 1.10. The molecule has 0 aromatic carbocycles. The van der Waals surface area contributed by atoms with Gasteiger partial charge in [-0.1, -0.05) is 20.8 Å². The molecule has 2 nitrogen and oxygen atoms in total. The summed E-state index contributed by atoms with van der Waals surface area (Å²) < 4.78 is 5.48. The molecule has 0 rings (SSSR count). The molecular formula is C10H23NO. The van der Waals surface area contributed by atoms with Crippen LogP contribution in [0.2, 0.25) is 0 Å². The summed E-state index contributed by atoms with van der Waals surface area (Å²) in [6.45, 7) is 9.53. The van der Waals surface area contributed by atoms with Crippen molar-refractivity contribution in [2.24, 2.45) is 11.8 Å². The highest BCUT2D eigenvalue weighted by Gasteiger charge is 2.10. The van der Waals surface area contributed by atoms with E-state index in [1.807, 2.05) is 7.05 Å². The van der Waals surface area contributed by atoms with Gasteiger partial charge in [0.1, 0.15) is 0 Å². The first kappa shape index (κ1) is 11.9. The summed E-state index contributed by atoms with van der Waals surface area (Å²) in [5.41, 5.74) is 0. The minimum Gasteiger partial charge on any atom is -0.381 e. The first-order chi connectivity index (χ1) is 5.72. The SMILES string of the molecule is CCCOCC(C)C(C)CNC. The zero-order chi connectivity index (χ0) is 9.40. The van der Waals surface area contributed by atoms with Crippen molar-refractivity contribution in [1.29, 1.82) is 0 Å². The summed E-state index contributed by atoms with van der Waals surface area (Å²) >= 11 is 0. The van der Waals surface area contributed by atoms with Crippen LogP contribution < -0.4 is 5.32 Å². The van der Waals surface area contributed by atoms with Gasteiger partial charge in [-0.3, -0.25) is 0 Å². The molecule has 0 amide bonds. The minimum absolute atomic E-state index is 0.656. The van der Waals surface area contributed by atoms with Crippen molar-refractivity contribution in [3.05, 3.63) is 0 Å². The van der Waals surface area contributed by atoms with Crippen molar-refractivity contribution in [2.45, 2.75) is 27.2 Å². The van der Waals surface area contributed by atoms with E-state index in [4.69, 9.17) is 4.74 Å². The van der Waals surface area contributed by atoms with Gasteiger partial charge in [-0.05, 0) is 31.8 Å². The number of hydrogen-bond acceptors (Lipinski definition) is 2. The molecule has 2 atom stereocenters. The molecule has 12 heavy (non-hydrogen) atoms. The highest BCUT2D eigenvalue weighted by atomic mass is 16.5. The van der Waals surface area contributed by atoms with E-state index in [1.54, 1.807) is 0 Å². The maximum absolute atomic E-state index is 5.48. The van der Waals surface area contributed by atoms with Crippen molar-refractivity contribution in [3.8, 4) is 0 Å². The number of rotatable bonds is 7.